The average molecular weight is 299 g/mol. The molecule has 5 nitrogen and oxygen atoms in total. The largest absolute Gasteiger partial charge is 0.316 e. The molecule has 108 valence electrons. The van der Waals surface area contributed by atoms with Crippen molar-refractivity contribution < 1.29 is 0 Å². The van der Waals surface area contributed by atoms with Crippen LogP contribution in [0.2, 0.25) is 0 Å². The van der Waals surface area contributed by atoms with Crippen molar-refractivity contribution in [2.45, 2.75) is 18.9 Å². The number of nitrogens with one attached hydrogen (secondary N) is 1. The SMILES string of the molecule is c1nnn(C(c2ccc3sccc3c2)[C@H]2CCCNC2)n1. The second-order valence-corrected chi connectivity index (χ2v) is 6.47. The topological polar surface area (TPSA) is 55.6 Å². The van der Waals surface area contributed by atoms with Crippen LogP contribution in [0.1, 0.15) is 24.4 Å². The zero-order valence-electron chi connectivity index (χ0n) is 11.6. The third-order valence-corrected chi connectivity index (χ3v) is 5.11. The molecule has 0 saturated carbocycles. The lowest BCUT2D eigenvalue weighted by molar-refractivity contribution is 0.261. The Bertz CT molecular complexity index is 715. The minimum atomic E-state index is 0.157. The number of nitrogens with zero attached hydrogens (tertiary/aromatic N) is 4. The second kappa shape index (κ2) is 5.54. The summed E-state index contributed by atoms with van der Waals surface area (Å²) in [6.45, 7) is 2.12. The Balaban J connectivity index is 1.77. The van der Waals surface area contributed by atoms with Crippen LogP contribution in [0.5, 0.6) is 0 Å². The van der Waals surface area contributed by atoms with Gasteiger partial charge in [0.1, 0.15) is 6.04 Å². The first kappa shape index (κ1) is 12.9. The summed E-state index contributed by atoms with van der Waals surface area (Å²) >= 11 is 1.78. The second-order valence-electron chi connectivity index (χ2n) is 5.53. The quantitative estimate of drug-likeness (QED) is 0.807. The van der Waals surface area contributed by atoms with E-state index >= 15 is 0 Å². The highest BCUT2D eigenvalue weighted by atomic mass is 32.1. The van der Waals surface area contributed by atoms with Gasteiger partial charge in [-0.2, -0.15) is 4.80 Å². The van der Waals surface area contributed by atoms with E-state index < -0.39 is 0 Å². The van der Waals surface area contributed by atoms with E-state index in [-0.39, 0.29) is 6.04 Å². The van der Waals surface area contributed by atoms with Crippen molar-refractivity contribution in [2.24, 2.45) is 5.92 Å². The Morgan fingerprint density at radius 2 is 2.33 bits per heavy atom. The molecule has 0 radical (unpaired) electrons. The monoisotopic (exact) mass is 299 g/mol. The van der Waals surface area contributed by atoms with Gasteiger partial charge in [-0.15, -0.1) is 21.5 Å². The normalized spacial score (nSPS) is 20.7. The molecule has 4 rings (SSSR count). The van der Waals surface area contributed by atoms with E-state index in [1.165, 1.54) is 34.8 Å². The van der Waals surface area contributed by atoms with Gasteiger partial charge in [0.2, 0.25) is 0 Å². The average Bonchev–Trinajstić information content (AvgIpc) is 3.19. The molecule has 2 aromatic heterocycles. The van der Waals surface area contributed by atoms with E-state index in [2.05, 4.69) is 50.4 Å². The number of tetrazole rings is 1. The van der Waals surface area contributed by atoms with Crippen LogP contribution in [0.25, 0.3) is 10.1 Å². The Labute approximate surface area is 127 Å². The maximum Gasteiger partial charge on any atom is 0.162 e. The minimum Gasteiger partial charge on any atom is -0.316 e. The van der Waals surface area contributed by atoms with Gasteiger partial charge in [-0.25, -0.2) is 0 Å². The number of piperidine rings is 1. The molecule has 0 amide bonds. The zero-order valence-corrected chi connectivity index (χ0v) is 12.5. The van der Waals surface area contributed by atoms with Crippen molar-refractivity contribution in [2.75, 3.05) is 13.1 Å². The number of thiophene rings is 1. The third kappa shape index (κ3) is 2.45. The lowest BCUT2D eigenvalue weighted by Gasteiger charge is -2.30. The minimum absolute atomic E-state index is 0.157. The van der Waals surface area contributed by atoms with Gasteiger partial charge in [0.15, 0.2) is 6.33 Å². The Morgan fingerprint density at radius 3 is 3.14 bits per heavy atom. The molecule has 1 N–H and O–H groups in total. The number of aromatic nitrogens is 4. The number of benzene rings is 1. The highest BCUT2D eigenvalue weighted by molar-refractivity contribution is 7.17. The fraction of sp³-hybridized carbons (Fsp3) is 0.400. The highest BCUT2D eigenvalue weighted by Gasteiger charge is 2.28. The molecule has 1 aliphatic heterocycles. The summed E-state index contributed by atoms with van der Waals surface area (Å²) in [6.07, 6.45) is 3.92. The van der Waals surface area contributed by atoms with Gasteiger partial charge in [0, 0.05) is 11.2 Å². The highest BCUT2D eigenvalue weighted by Crippen LogP contribution is 2.32. The van der Waals surface area contributed by atoms with E-state index in [9.17, 15) is 0 Å². The summed E-state index contributed by atoms with van der Waals surface area (Å²) in [4.78, 5) is 1.77. The van der Waals surface area contributed by atoms with E-state index in [1.54, 1.807) is 16.1 Å². The molecule has 0 aliphatic carbocycles. The maximum absolute atomic E-state index is 4.31. The molecular formula is C15H17N5S. The van der Waals surface area contributed by atoms with Crippen molar-refractivity contribution in [3.8, 4) is 0 Å². The number of hydrogen-bond acceptors (Lipinski definition) is 5. The van der Waals surface area contributed by atoms with E-state index in [4.69, 9.17) is 0 Å². The summed E-state index contributed by atoms with van der Waals surface area (Å²) in [6, 6.07) is 9.02. The first-order chi connectivity index (χ1) is 10.4. The van der Waals surface area contributed by atoms with Crippen LogP contribution < -0.4 is 5.32 Å². The van der Waals surface area contributed by atoms with Crippen molar-refractivity contribution in [3.05, 3.63) is 41.5 Å². The summed E-state index contributed by atoms with van der Waals surface area (Å²) in [5.74, 6) is 0.504. The summed E-state index contributed by atoms with van der Waals surface area (Å²) in [7, 11) is 0. The van der Waals surface area contributed by atoms with Crippen LogP contribution in [0.4, 0.5) is 0 Å². The molecule has 21 heavy (non-hydrogen) atoms. The first-order valence-corrected chi connectivity index (χ1v) is 8.20. The molecule has 0 bridgehead atoms. The zero-order chi connectivity index (χ0) is 14.1. The fourth-order valence-corrected chi connectivity index (χ4v) is 3.98. The molecule has 1 unspecified atom stereocenters. The Kier molecular flexibility index (Phi) is 3.40. The van der Waals surface area contributed by atoms with E-state index in [0.717, 1.165) is 13.1 Å². The van der Waals surface area contributed by atoms with Crippen LogP contribution in [0.3, 0.4) is 0 Å². The molecule has 3 heterocycles. The predicted molar refractivity (Wildman–Crippen MR) is 83.4 cm³/mol. The number of rotatable bonds is 3. The fourth-order valence-electron chi connectivity index (χ4n) is 3.21. The predicted octanol–water partition coefficient (Wildman–Crippen LogP) is 2.48. The third-order valence-electron chi connectivity index (χ3n) is 4.21. The van der Waals surface area contributed by atoms with Crippen LogP contribution in [0.15, 0.2) is 36.0 Å². The summed E-state index contributed by atoms with van der Waals surface area (Å²) in [5.41, 5.74) is 1.27. The molecule has 1 saturated heterocycles. The van der Waals surface area contributed by atoms with E-state index in [1.807, 2.05) is 0 Å². The van der Waals surface area contributed by atoms with Crippen molar-refractivity contribution >= 4 is 21.4 Å². The van der Waals surface area contributed by atoms with Crippen LogP contribution in [-0.2, 0) is 0 Å². The van der Waals surface area contributed by atoms with Crippen molar-refractivity contribution in [3.63, 3.8) is 0 Å². The van der Waals surface area contributed by atoms with Gasteiger partial charge in [-0.1, -0.05) is 6.07 Å². The van der Waals surface area contributed by atoms with Crippen LogP contribution >= 0.6 is 11.3 Å². The lowest BCUT2D eigenvalue weighted by Crippen LogP contribution is -2.36. The van der Waals surface area contributed by atoms with Crippen LogP contribution in [0, 0.1) is 5.92 Å². The van der Waals surface area contributed by atoms with Gasteiger partial charge >= 0.3 is 0 Å². The first-order valence-electron chi connectivity index (χ1n) is 7.32. The molecule has 1 fully saturated rings. The smallest absolute Gasteiger partial charge is 0.162 e. The maximum atomic E-state index is 4.31. The van der Waals surface area contributed by atoms with E-state index in [0.29, 0.717) is 5.92 Å². The van der Waals surface area contributed by atoms with Gasteiger partial charge < -0.3 is 5.32 Å². The Hall–Kier alpha value is -1.79. The number of fused-ring (bicyclic) bond motifs is 1. The number of hydrogen-bond donors (Lipinski definition) is 1. The van der Waals surface area contributed by atoms with Gasteiger partial charge in [-0.3, -0.25) is 0 Å². The molecular weight excluding hydrogens is 282 g/mol. The van der Waals surface area contributed by atoms with Crippen molar-refractivity contribution in [1.82, 2.24) is 25.5 Å². The lowest BCUT2D eigenvalue weighted by atomic mass is 9.87. The molecule has 0 spiro atoms. The molecule has 6 heteroatoms. The standard InChI is InChI=1S/C15H17N5S/c1-2-13(9-16-6-1)15(20-18-10-17-19-20)12-3-4-14-11(8-12)5-7-21-14/h3-5,7-8,10,13,15-16H,1-2,6,9H2/t13-,15?/m0/s1. The van der Waals surface area contributed by atoms with Gasteiger partial charge in [-0.05, 0) is 65.0 Å². The summed E-state index contributed by atoms with van der Waals surface area (Å²) in [5, 5.41) is 19.3. The molecule has 1 aromatic carbocycles. The van der Waals surface area contributed by atoms with Gasteiger partial charge in [0.25, 0.3) is 0 Å². The molecule has 2 atom stereocenters. The molecule has 3 aromatic rings. The van der Waals surface area contributed by atoms with Crippen LogP contribution in [-0.4, -0.2) is 33.3 Å². The van der Waals surface area contributed by atoms with Crippen molar-refractivity contribution in [1.29, 1.82) is 0 Å². The molecule has 1 aliphatic rings. The Morgan fingerprint density at radius 1 is 1.33 bits per heavy atom. The van der Waals surface area contributed by atoms with Gasteiger partial charge in [0.05, 0.1) is 0 Å². The summed E-state index contributed by atoms with van der Waals surface area (Å²) < 4.78 is 1.32.